The van der Waals surface area contributed by atoms with Crippen molar-refractivity contribution >= 4 is 0 Å². The number of hydrogen-bond donors (Lipinski definition) is 0. The Morgan fingerprint density at radius 3 is 2.41 bits per heavy atom. The molecule has 1 aromatic carbocycles. The molecule has 17 heavy (non-hydrogen) atoms. The topological polar surface area (TPSA) is 0 Å². The van der Waals surface area contributed by atoms with Gasteiger partial charge in [0.25, 0.3) is 0 Å². The minimum atomic E-state index is 0.397. The van der Waals surface area contributed by atoms with Gasteiger partial charge in [-0.05, 0) is 66.2 Å². The van der Waals surface area contributed by atoms with E-state index in [4.69, 9.17) is 0 Å². The third kappa shape index (κ3) is 3.12. The van der Waals surface area contributed by atoms with Crippen LogP contribution in [0.4, 0.5) is 0 Å². The van der Waals surface area contributed by atoms with Gasteiger partial charge in [-0.3, -0.25) is 0 Å². The fraction of sp³-hybridized carbons (Fsp3) is 0.647. The lowest BCUT2D eigenvalue weighted by Crippen LogP contribution is -2.12. The number of hydrogen-bond acceptors (Lipinski definition) is 0. The number of benzene rings is 1. The summed E-state index contributed by atoms with van der Waals surface area (Å²) in [6, 6.07) is 4.95. The Labute approximate surface area is 106 Å². The molecule has 0 bridgehead atoms. The molecular weight excluding hydrogens is 204 g/mol. The molecule has 0 saturated heterocycles. The largest absolute Gasteiger partial charge is 0.0613 e. The first-order valence-corrected chi connectivity index (χ1v) is 7.13. The van der Waals surface area contributed by atoms with E-state index in [9.17, 15) is 0 Å². The summed E-state index contributed by atoms with van der Waals surface area (Å²) in [5, 5.41) is 0. The van der Waals surface area contributed by atoms with Gasteiger partial charge in [-0.25, -0.2) is 0 Å². The van der Waals surface area contributed by atoms with E-state index in [2.05, 4.69) is 39.8 Å². The van der Waals surface area contributed by atoms with Gasteiger partial charge < -0.3 is 0 Å². The standard InChI is InChI=1S/C17H26/c1-5-14-10-13(12-17(2,3)4)11-15-8-6-7-9-16(14)15/h10-11H,5-9,12H2,1-4H3. The molecule has 0 amide bonds. The molecule has 0 spiro atoms. The Kier molecular flexibility index (Phi) is 3.61. The zero-order valence-corrected chi connectivity index (χ0v) is 11.9. The van der Waals surface area contributed by atoms with Crippen LogP contribution in [0.25, 0.3) is 0 Å². The second-order valence-corrected chi connectivity index (χ2v) is 6.69. The van der Waals surface area contributed by atoms with Crippen LogP contribution in [0.1, 0.15) is 62.8 Å². The molecule has 1 aromatic rings. The van der Waals surface area contributed by atoms with E-state index in [1.54, 1.807) is 22.3 Å². The summed E-state index contributed by atoms with van der Waals surface area (Å²) < 4.78 is 0. The Hall–Kier alpha value is -0.780. The fourth-order valence-corrected chi connectivity index (χ4v) is 3.06. The van der Waals surface area contributed by atoms with Crippen LogP contribution in [0.5, 0.6) is 0 Å². The van der Waals surface area contributed by atoms with Gasteiger partial charge in [0.05, 0.1) is 0 Å². The molecule has 2 rings (SSSR count). The second-order valence-electron chi connectivity index (χ2n) is 6.69. The van der Waals surface area contributed by atoms with Crippen molar-refractivity contribution in [2.45, 2.75) is 66.2 Å². The average molecular weight is 230 g/mol. The SMILES string of the molecule is CCc1cc(CC(C)(C)C)cc2c1CCCC2. The molecule has 1 aliphatic carbocycles. The van der Waals surface area contributed by atoms with Crippen molar-refractivity contribution in [2.24, 2.45) is 5.41 Å². The highest BCUT2D eigenvalue weighted by Gasteiger charge is 2.17. The van der Waals surface area contributed by atoms with E-state index in [0.717, 1.165) is 0 Å². The van der Waals surface area contributed by atoms with E-state index in [0.29, 0.717) is 5.41 Å². The van der Waals surface area contributed by atoms with Crippen LogP contribution in [0.3, 0.4) is 0 Å². The van der Waals surface area contributed by atoms with Gasteiger partial charge in [0, 0.05) is 0 Å². The van der Waals surface area contributed by atoms with Gasteiger partial charge in [-0.15, -0.1) is 0 Å². The summed E-state index contributed by atoms with van der Waals surface area (Å²) in [7, 11) is 0. The lowest BCUT2D eigenvalue weighted by atomic mass is 9.82. The van der Waals surface area contributed by atoms with Crippen molar-refractivity contribution < 1.29 is 0 Å². The summed E-state index contributed by atoms with van der Waals surface area (Å²) in [4.78, 5) is 0. The maximum atomic E-state index is 2.49. The summed E-state index contributed by atoms with van der Waals surface area (Å²) in [5.41, 5.74) is 6.89. The second kappa shape index (κ2) is 4.84. The van der Waals surface area contributed by atoms with Crippen molar-refractivity contribution in [1.29, 1.82) is 0 Å². The summed E-state index contributed by atoms with van der Waals surface area (Å²) in [6.07, 6.45) is 7.79. The van der Waals surface area contributed by atoms with E-state index in [-0.39, 0.29) is 0 Å². The normalized spacial score (nSPS) is 15.8. The molecule has 1 aliphatic rings. The van der Waals surface area contributed by atoms with E-state index in [1.807, 2.05) is 0 Å². The third-order valence-electron chi connectivity index (χ3n) is 3.73. The maximum Gasteiger partial charge on any atom is -0.0230 e. The van der Waals surface area contributed by atoms with E-state index in [1.165, 1.54) is 38.5 Å². The number of aryl methyl sites for hydroxylation is 2. The van der Waals surface area contributed by atoms with Crippen molar-refractivity contribution in [3.8, 4) is 0 Å². The van der Waals surface area contributed by atoms with E-state index >= 15 is 0 Å². The Morgan fingerprint density at radius 1 is 1.06 bits per heavy atom. The molecule has 0 radical (unpaired) electrons. The molecule has 0 N–H and O–H groups in total. The molecule has 0 heterocycles. The average Bonchev–Trinajstić information content (AvgIpc) is 2.25. The first-order valence-electron chi connectivity index (χ1n) is 7.13. The van der Waals surface area contributed by atoms with E-state index < -0.39 is 0 Å². The Bertz CT molecular complexity index is 376. The molecule has 0 aromatic heterocycles. The lowest BCUT2D eigenvalue weighted by molar-refractivity contribution is 0.411. The van der Waals surface area contributed by atoms with Crippen LogP contribution in [0.2, 0.25) is 0 Å². The lowest BCUT2D eigenvalue weighted by Gasteiger charge is -2.24. The fourth-order valence-electron chi connectivity index (χ4n) is 3.06. The highest BCUT2D eigenvalue weighted by molar-refractivity contribution is 5.41. The highest BCUT2D eigenvalue weighted by atomic mass is 14.2. The maximum absolute atomic E-state index is 2.49. The Morgan fingerprint density at radius 2 is 1.76 bits per heavy atom. The van der Waals surface area contributed by atoms with Crippen molar-refractivity contribution in [1.82, 2.24) is 0 Å². The number of rotatable bonds is 2. The smallest absolute Gasteiger partial charge is 0.0230 e. The Balaban J connectivity index is 2.36. The van der Waals surface area contributed by atoms with Crippen LogP contribution in [-0.2, 0) is 25.7 Å². The first kappa shape index (κ1) is 12.7. The monoisotopic (exact) mass is 230 g/mol. The molecule has 0 aliphatic heterocycles. The molecule has 0 saturated carbocycles. The quantitative estimate of drug-likeness (QED) is 0.690. The van der Waals surface area contributed by atoms with Gasteiger partial charge in [-0.1, -0.05) is 39.8 Å². The van der Waals surface area contributed by atoms with Crippen LogP contribution >= 0.6 is 0 Å². The summed E-state index contributed by atoms with van der Waals surface area (Å²) in [6.45, 7) is 9.29. The third-order valence-corrected chi connectivity index (χ3v) is 3.73. The predicted molar refractivity (Wildman–Crippen MR) is 75.6 cm³/mol. The summed E-state index contributed by atoms with van der Waals surface area (Å²) in [5.74, 6) is 0. The van der Waals surface area contributed by atoms with Crippen LogP contribution < -0.4 is 0 Å². The van der Waals surface area contributed by atoms with Gasteiger partial charge in [0.1, 0.15) is 0 Å². The zero-order valence-electron chi connectivity index (χ0n) is 11.9. The molecule has 0 fully saturated rings. The predicted octanol–water partition coefficient (Wildman–Crippen LogP) is 4.72. The molecular formula is C17H26. The number of fused-ring (bicyclic) bond motifs is 1. The minimum absolute atomic E-state index is 0.397. The van der Waals surface area contributed by atoms with Gasteiger partial charge in [0.2, 0.25) is 0 Å². The van der Waals surface area contributed by atoms with Crippen LogP contribution in [0.15, 0.2) is 12.1 Å². The van der Waals surface area contributed by atoms with Gasteiger partial charge >= 0.3 is 0 Å². The van der Waals surface area contributed by atoms with Crippen molar-refractivity contribution in [2.75, 3.05) is 0 Å². The summed E-state index contributed by atoms with van der Waals surface area (Å²) >= 11 is 0. The molecule has 0 heteroatoms. The van der Waals surface area contributed by atoms with Crippen molar-refractivity contribution in [3.05, 3.63) is 34.4 Å². The van der Waals surface area contributed by atoms with Gasteiger partial charge in [0.15, 0.2) is 0 Å². The zero-order chi connectivity index (χ0) is 12.5. The molecule has 0 nitrogen and oxygen atoms in total. The van der Waals surface area contributed by atoms with Crippen LogP contribution in [0, 0.1) is 5.41 Å². The highest BCUT2D eigenvalue weighted by Crippen LogP contribution is 2.29. The molecule has 0 atom stereocenters. The molecule has 94 valence electrons. The van der Waals surface area contributed by atoms with Crippen molar-refractivity contribution in [3.63, 3.8) is 0 Å². The first-order chi connectivity index (χ1) is 7.99. The van der Waals surface area contributed by atoms with Gasteiger partial charge in [-0.2, -0.15) is 0 Å². The molecule has 0 unspecified atom stereocenters. The van der Waals surface area contributed by atoms with Crippen LogP contribution in [-0.4, -0.2) is 0 Å². The minimum Gasteiger partial charge on any atom is -0.0613 e.